The number of benzene rings is 1. The molecular weight excluding hydrogens is 372 g/mol. The summed E-state index contributed by atoms with van der Waals surface area (Å²) in [6.07, 6.45) is 10.5. The Labute approximate surface area is 179 Å². The number of rotatable bonds is 6. The first kappa shape index (κ1) is 19.6. The maximum absolute atomic E-state index is 12.5. The maximum atomic E-state index is 12.5. The van der Waals surface area contributed by atoms with Gasteiger partial charge in [0.2, 0.25) is 0 Å². The van der Waals surface area contributed by atoms with Crippen molar-refractivity contribution in [3.05, 3.63) is 59.9 Å². The fourth-order valence-electron chi connectivity index (χ4n) is 4.78. The topological polar surface area (TPSA) is 48.5 Å². The first-order valence-corrected chi connectivity index (χ1v) is 11.5. The van der Waals surface area contributed by atoms with Crippen molar-refractivity contribution < 1.29 is 4.79 Å². The Morgan fingerprint density at radius 1 is 0.967 bits per heavy atom. The monoisotopic (exact) mass is 404 g/mol. The van der Waals surface area contributed by atoms with E-state index in [-0.39, 0.29) is 6.03 Å². The third-order valence-electron chi connectivity index (χ3n) is 7.10. The summed E-state index contributed by atoms with van der Waals surface area (Å²) in [5.41, 5.74) is 3.51. The Morgan fingerprint density at radius 3 is 2.40 bits per heavy atom. The lowest BCUT2D eigenvalue weighted by molar-refractivity contribution is 0.164. The number of nitrogens with zero attached hydrogens (tertiary/aromatic N) is 3. The molecule has 0 bridgehead atoms. The molecular formula is C25H32N4O. The van der Waals surface area contributed by atoms with Gasteiger partial charge in [0.25, 0.3) is 0 Å². The molecule has 5 nitrogen and oxygen atoms in total. The number of aromatic nitrogens is 1. The molecule has 2 aliphatic heterocycles. The fraction of sp³-hybridized carbons (Fsp3) is 0.520. The molecule has 2 aromatic rings. The van der Waals surface area contributed by atoms with Crippen molar-refractivity contribution in [3.8, 4) is 0 Å². The molecule has 0 radical (unpaired) electrons. The van der Waals surface area contributed by atoms with Gasteiger partial charge in [0.15, 0.2) is 0 Å². The predicted molar refractivity (Wildman–Crippen MR) is 120 cm³/mol. The molecule has 1 aromatic carbocycles. The molecule has 1 aliphatic carbocycles. The number of pyridine rings is 1. The van der Waals surface area contributed by atoms with Crippen molar-refractivity contribution in [2.24, 2.45) is 5.92 Å². The van der Waals surface area contributed by atoms with Crippen molar-refractivity contribution in [3.63, 3.8) is 0 Å². The third kappa shape index (κ3) is 4.67. The first-order valence-electron chi connectivity index (χ1n) is 11.5. The van der Waals surface area contributed by atoms with Crippen LogP contribution >= 0.6 is 0 Å². The van der Waals surface area contributed by atoms with Crippen LogP contribution in [0.4, 0.5) is 10.5 Å². The molecule has 3 heterocycles. The summed E-state index contributed by atoms with van der Waals surface area (Å²) in [5, 5.41) is 3.05. The Kier molecular flexibility index (Phi) is 5.71. The minimum Gasteiger partial charge on any atom is -0.323 e. The van der Waals surface area contributed by atoms with Gasteiger partial charge in [0.1, 0.15) is 0 Å². The molecule has 3 aliphatic rings. The average Bonchev–Trinajstić information content (AvgIpc) is 3.58. The van der Waals surface area contributed by atoms with Crippen LogP contribution in [-0.4, -0.2) is 53.5 Å². The Morgan fingerprint density at radius 2 is 1.73 bits per heavy atom. The maximum Gasteiger partial charge on any atom is 0.321 e. The summed E-state index contributed by atoms with van der Waals surface area (Å²) in [5.74, 6) is 2.09. The van der Waals surface area contributed by atoms with Gasteiger partial charge < -0.3 is 15.1 Å². The molecule has 1 saturated carbocycles. The van der Waals surface area contributed by atoms with E-state index < -0.39 is 0 Å². The number of anilines is 1. The number of carbonyl (C=O) groups is 1. The standard InChI is InChI=1S/C25H32N4O/c30-25(29-17-23(18-29)22-2-1-12-26-16-22)27-24-7-5-20(6-8-24)21-10-14-28(15-11-21)13-9-19-3-4-19/h1-2,5-8,12,16,19,21,23H,3-4,9-11,13-15,17-18H2,(H,27,30). The molecule has 30 heavy (non-hydrogen) atoms. The molecule has 5 heteroatoms. The minimum absolute atomic E-state index is 0.00754. The zero-order valence-electron chi connectivity index (χ0n) is 17.7. The highest BCUT2D eigenvalue weighted by Gasteiger charge is 2.32. The van der Waals surface area contributed by atoms with Gasteiger partial charge in [-0.25, -0.2) is 4.79 Å². The van der Waals surface area contributed by atoms with E-state index in [0.717, 1.165) is 24.7 Å². The summed E-state index contributed by atoms with van der Waals surface area (Å²) in [6, 6.07) is 12.6. The molecule has 1 N–H and O–H groups in total. The van der Waals surface area contributed by atoms with Crippen LogP contribution in [0.1, 0.15) is 55.1 Å². The highest BCUT2D eigenvalue weighted by atomic mass is 16.2. The van der Waals surface area contributed by atoms with Gasteiger partial charge in [-0.15, -0.1) is 0 Å². The normalized spacial score (nSPS) is 20.7. The summed E-state index contributed by atoms with van der Waals surface area (Å²) in [4.78, 5) is 21.2. The van der Waals surface area contributed by atoms with E-state index in [2.05, 4.69) is 45.5 Å². The first-order chi connectivity index (χ1) is 14.7. The Bertz CT molecular complexity index is 835. The van der Waals surface area contributed by atoms with Gasteiger partial charge in [-0.2, -0.15) is 0 Å². The lowest BCUT2D eigenvalue weighted by Crippen LogP contribution is -2.50. The number of amides is 2. The van der Waals surface area contributed by atoms with Crippen LogP contribution in [0, 0.1) is 5.92 Å². The number of nitrogens with one attached hydrogen (secondary N) is 1. The minimum atomic E-state index is -0.00754. The molecule has 3 fully saturated rings. The number of carbonyl (C=O) groups excluding carboxylic acids is 1. The van der Waals surface area contributed by atoms with Gasteiger partial charge in [-0.1, -0.05) is 31.0 Å². The van der Waals surface area contributed by atoms with Crippen molar-refractivity contribution >= 4 is 11.7 Å². The summed E-state index contributed by atoms with van der Waals surface area (Å²) < 4.78 is 0. The van der Waals surface area contributed by atoms with E-state index in [4.69, 9.17) is 0 Å². The fourth-order valence-corrected chi connectivity index (χ4v) is 4.78. The lowest BCUT2D eigenvalue weighted by Gasteiger charge is -2.39. The molecule has 158 valence electrons. The Hall–Kier alpha value is -2.40. The van der Waals surface area contributed by atoms with E-state index >= 15 is 0 Å². The van der Waals surface area contributed by atoms with Crippen LogP contribution in [0.25, 0.3) is 0 Å². The van der Waals surface area contributed by atoms with E-state index in [0.29, 0.717) is 11.8 Å². The second-order valence-electron chi connectivity index (χ2n) is 9.29. The van der Waals surface area contributed by atoms with Crippen LogP contribution in [0.2, 0.25) is 0 Å². The van der Waals surface area contributed by atoms with Crippen LogP contribution < -0.4 is 5.32 Å². The molecule has 0 atom stereocenters. The van der Waals surface area contributed by atoms with E-state index in [1.165, 1.54) is 62.9 Å². The summed E-state index contributed by atoms with van der Waals surface area (Å²) in [7, 11) is 0. The largest absolute Gasteiger partial charge is 0.323 e. The molecule has 2 amide bonds. The number of urea groups is 1. The quantitative estimate of drug-likeness (QED) is 0.760. The van der Waals surface area contributed by atoms with Gasteiger partial charge in [-0.3, -0.25) is 4.98 Å². The smallest absolute Gasteiger partial charge is 0.321 e. The van der Waals surface area contributed by atoms with Gasteiger partial charge >= 0.3 is 6.03 Å². The van der Waals surface area contributed by atoms with Crippen molar-refractivity contribution in [1.29, 1.82) is 0 Å². The van der Waals surface area contributed by atoms with Crippen molar-refractivity contribution in [2.45, 2.75) is 43.9 Å². The highest BCUT2D eigenvalue weighted by molar-refractivity contribution is 5.90. The zero-order valence-corrected chi connectivity index (χ0v) is 17.7. The predicted octanol–water partition coefficient (Wildman–Crippen LogP) is 4.69. The second kappa shape index (κ2) is 8.76. The number of piperidine rings is 1. The van der Waals surface area contributed by atoms with Gasteiger partial charge in [0, 0.05) is 37.1 Å². The second-order valence-corrected chi connectivity index (χ2v) is 9.29. The van der Waals surface area contributed by atoms with Crippen molar-refractivity contribution in [1.82, 2.24) is 14.8 Å². The van der Waals surface area contributed by atoms with Crippen LogP contribution in [0.3, 0.4) is 0 Å². The molecule has 2 saturated heterocycles. The summed E-state index contributed by atoms with van der Waals surface area (Å²) in [6.45, 7) is 5.26. The average molecular weight is 405 g/mol. The van der Waals surface area contributed by atoms with Crippen LogP contribution in [0.5, 0.6) is 0 Å². The summed E-state index contributed by atoms with van der Waals surface area (Å²) >= 11 is 0. The van der Waals surface area contributed by atoms with Crippen molar-refractivity contribution in [2.75, 3.05) is 38.0 Å². The highest BCUT2D eigenvalue weighted by Crippen LogP contribution is 2.34. The lowest BCUT2D eigenvalue weighted by atomic mass is 9.89. The van der Waals surface area contributed by atoms with E-state index in [1.54, 1.807) is 6.20 Å². The molecule has 1 aromatic heterocycles. The third-order valence-corrected chi connectivity index (χ3v) is 7.10. The zero-order chi connectivity index (χ0) is 20.3. The van der Waals surface area contributed by atoms with Gasteiger partial charge in [0.05, 0.1) is 0 Å². The SMILES string of the molecule is O=C(Nc1ccc(C2CCN(CCC3CC3)CC2)cc1)N1CC(c2cccnc2)C1. The number of hydrogen-bond acceptors (Lipinski definition) is 3. The van der Waals surface area contributed by atoms with Gasteiger partial charge in [-0.05, 0) is 80.1 Å². The molecule has 0 unspecified atom stereocenters. The van der Waals surface area contributed by atoms with E-state index in [1.807, 2.05) is 17.2 Å². The molecule has 0 spiro atoms. The van der Waals surface area contributed by atoms with Crippen LogP contribution in [-0.2, 0) is 0 Å². The van der Waals surface area contributed by atoms with Crippen LogP contribution in [0.15, 0.2) is 48.8 Å². The molecule has 5 rings (SSSR count). The number of hydrogen-bond donors (Lipinski definition) is 1. The van der Waals surface area contributed by atoms with E-state index in [9.17, 15) is 4.79 Å². The number of likely N-dealkylation sites (tertiary alicyclic amines) is 2. The Balaban J connectivity index is 1.07.